The Morgan fingerprint density at radius 1 is 1.36 bits per heavy atom. The summed E-state index contributed by atoms with van der Waals surface area (Å²) >= 11 is 0. The van der Waals surface area contributed by atoms with Gasteiger partial charge in [0.15, 0.2) is 0 Å². The van der Waals surface area contributed by atoms with Gasteiger partial charge in [0.25, 0.3) is 0 Å². The molecule has 0 radical (unpaired) electrons. The van der Waals surface area contributed by atoms with Crippen LogP contribution in [0.15, 0.2) is 12.1 Å². The van der Waals surface area contributed by atoms with Crippen LogP contribution in [0.1, 0.15) is 36.7 Å². The Morgan fingerprint density at radius 3 is 2.82 bits per heavy atom. The maximum atomic E-state index is 12.0. The molecular formula is C16H23N3O3. The van der Waals surface area contributed by atoms with Crippen LogP contribution in [-0.4, -0.2) is 40.6 Å². The second kappa shape index (κ2) is 7.24. The average Bonchev–Trinajstić information content (AvgIpc) is 2.52. The Morgan fingerprint density at radius 2 is 2.09 bits per heavy atom. The molecule has 6 nitrogen and oxygen atoms in total. The number of amides is 2. The summed E-state index contributed by atoms with van der Waals surface area (Å²) in [5, 5.41) is 11.6. The molecule has 0 fully saturated rings. The number of hydrogen-bond acceptors (Lipinski definition) is 3. The molecule has 2 rings (SSSR count). The van der Waals surface area contributed by atoms with Crippen molar-refractivity contribution in [1.82, 2.24) is 15.2 Å². The first-order chi connectivity index (χ1) is 10.5. The van der Waals surface area contributed by atoms with Crippen molar-refractivity contribution in [2.45, 2.75) is 39.2 Å². The molecule has 1 unspecified atom stereocenters. The van der Waals surface area contributed by atoms with E-state index >= 15 is 0 Å². The molecule has 2 amide bonds. The summed E-state index contributed by atoms with van der Waals surface area (Å²) < 4.78 is 0. The van der Waals surface area contributed by atoms with Crippen molar-refractivity contribution in [3.05, 3.63) is 29.1 Å². The molecule has 0 aromatic carbocycles. The number of rotatable bonds is 5. The molecule has 1 aliphatic rings. The molecule has 0 aliphatic heterocycles. The molecule has 0 saturated heterocycles. The van der Waals surface area contributed by atoms with E-state index in [1.54, 1.807) is 14.0 Å². The second-order valence-corrected chi connectivity index (χ2v) is 5.89. The number of carboxylic acids is 1. The molecule has 1 aromatic rings. The van der Waals surface area contributed by atoms with Gasteiger partial charge in [-0.05, 0) is 37.3 Å². The van der Waals surface area contributed by atoms with Crippen molar-refractivity contribution >= 4 is 12.0 Å². The van der Waals surface area contributed by atoms with E-state index in [2.05, 4.69) is 16.4 Å². The number of pyridine rings is 1. The Kier molecular flexibility index (Phi) is 5.35. The maximum Gasteiger partial charge on any atom is 0.317 e. The number of hydrogen-bond donors (Lipinski definition) is 2. The van der Waals surface area contributed by atoms with Crippen molar-refractivity contribution in [3.8, 4) is 0 Å². The molecule has 1 aromatic heterocycles. The first-order valence-electron chi connectivity index (χ1n) is 7.67. The monoisotopic (exact) mass is 305 g/mol. The van der Waals surface area contributed by atoms with Gasteiger partial charge in [0.05, 0.1) is 18.2 Å². The maximum absolute atomic E-state index is 12.0. The minimum atomic E-state index is -0.906. The number of aromatic nitrogens is 1. The largest absolute Gasteiger partial charge is 0.481 e. The van der Waals surface area contributed by atoms with E-state index in [1.165, 1.54) is 23.3 Å². The van der Waals surface area contributed by atoms with Gasteiger partial charge >= 0.3 is 12.0 Å². The lowest BCUT2D eigenvalue weighted by molar-refractivity contribution is -0.141. The van der Waals surface area contributed by atoms with Crippen LogP contribution in [0.25, 0.3) is 0 Å². The van der Waals surface area contributed by atoms with Crippen LogP contribution in [0.2, 0.25) is 0 Å². The summed E-state index contributed by atoms with van der Waals surface area (Å²) in [6.45, 7) is 2.12. The summed E-state index contributed by atoms with van der Waals surface area (Å²) in [5.74, 6) is -1.49. The lowest BCUT2D eigenvalue weighted by Crippen LogP contribution is -2.40. The van der Waals surface area contributed by atoms with Gasteiger partial charge in [-0.2, -0.15) is 0 Å². The fourth-order valence-corrected chi connectivity index (χ4v) is 2.60. The first kappa shape index (κ1) is 16.3. The van der Waals surface area contributed by atoms with E-state index in [4.69, 9.17) is 5.11 Å². The van der Waals surface area contributed by atoms with Crippen LogP contribution in [-0.2, 0) is 24.2 Å². The highest BCUT2D eigenvalue weighted by molar-refractivity contribution is 5.75. The van der Waals surface area contributed by atoms with Crippen LogP contribution in [0, 0.1) is 5.92 Å². The van der Waals surface area contributed by atoms with Gasteiger partial charge in [-0.1, -0.05) is 13.0 Å². The topological polar surface area (TPSA) is 82.5 Å². The zero-order chi connectivity index (χ0) is 16.1. The number of aryl methyl sites for hydroxylation is 2. The standard InChI is InChI=1S/C16H23N3O3/c1-11(15(20)21)10-19(2)16(22)17-9-13-8-7-12-5-3-4-6-14(12)18-13/h7-8,11H,3-6,9-10H2,1-2H3,(H,17,22)(H,20,21). The number of urea groups is 1. The lowest BCUT2D eigenvalue weighted by atomic mass is 9.96. The molecular weight excluding hydrogens is 282 g/mol. The molecule has 0 bridgehead atoms. The fourth-order valence-electron chi connectivity index (χ4n) is 2.60. The highest BCUT2D eigenvalue weighted by Gasteiger charge is 2.17. The van der Waals surface area contributed by atoms with E-state index in [1.807, 2.05) is 6.07 Å². The van der Waals surface area contributed by atoms with Gasteiger partial charge in [0, 0.05) is 19.3 Å². The Bertz CT molecular complexity index is 560. The van der Waals surface area contributed by atoms with Crippen LogP contribution < -0.4 is 5.32 Å². The molecule has 0 spiro atoms. The third kappa shape index (κ3) is 4.19. The smallest absolute Gasteiger partial charge is 0.317 e. The average molecular weight is 305 g/mol. The van der Waals surface area contributed by atoms with Crippen molar-refractivity contribution in [1.29, 1.82) is 0 Å². The third-order valence-corrected chi connectivity index (χ3v) is 3.97. The fraction of sp³-hybridized carbons (Fsp3) is 0.562. The Balaban J connectivity index is 1.87. The van der Waals surface area contributed by atoms with Crippen LogP contribution in [0.3, 0.4) is 0 Å². The highest BCUT2D eigenvalue weighted by atomic mass is 16.4. The summed E-state index contributed by atoms with van der Waals surface area (Å²) in [7, 11) is 1.59. The van der Waals surface area contributed by atoms with Crippen LogP contribution in [0.5, 0.6) is 0 Å². The Hall–Kier alpha value is -2.11. The van der Waals surface area contributed by atoms with Crippen molar-refractivity contribution in [2.75, 3.05) is 13.6 Å². The molecule has 0 saturated carbocycles. The van der Waals surface area contributed by atoms with Crippen LogP contribution >= 0.6 is 0 Å². The van der Waals surface area contributed by atoms with Gasteiger partial charge in [-0.3, -0.25) is 9.78 Å². The number of carboxylic acid groups (broad SMARTS) is 1. The SMILES string of the molecule is CC(CN(C)C(=O)NCc1ccc2c(n1)CCCC2)C(=O)O. The number of nitrogens with zero attached hydrogens (tertiary/aromatic N) is 2. The summed E-state index contributed by atoms with van der Waals surface area (Å²) in [4.78, 5) is 28.8. The quantitative estimate of drug-likeness (QED) is 0.869. The number of nitrogens with one attached hydrogen (secondary N) is 1. The molecule has 2 N–H and O–H groups in total. The van der Waals surface area contributed by atoms with Crippen molar-refractivity contribution in [3.63, 3.8) is 0 Å². The summed E-state index contributed by atoms with van der Waals surface area (Å²) in [6.07, 6.45) is 4.49. The molecule has 120 valence electrons. The summed E-state index contributed by atoms with van der Waals surface area (Å²) in [6, 6.07) is 3.76. The van der Waals surface area contributed by atoms with Crippen molar-refractivity contribution in [2.24, 2.45) is 5.92 Å². The third-order valence-electron chi connectivity index (χ3n) is 3.97. The van der Waals surface area contributed by atoms with Crippen LogP contribution in [0.4, 0.5) is 4.79 Å². The van der Waals surface area contributed by atoms with E-state index in [0.717, 1.165) is 24.2 Å². The number of fused-ring (bicyclic) bond motifs is 1. The lowest BCUT2D eigenvalue weighted by Gasteiger charge is -2.20. The van der Waals surface area contributed by atoms with E-state index < -0.39 is 11.9 Å². The normalized spacial score (nSPS) is 14.8. The minimum Gasteiger partial charge on any atom is -0.481 e. The second-order valence-electron chi connectivity index (χ2n) is 5.89. The van der Waals surface area contributed by atoms with Crippen molar-refractivity contribution < 1.29 is 14.7 Å². The highest BCUT2D eigenvalue weighted by Crippen LogP contribution is 2.19. The van der Waals surface area contributed by atoms with Gasteiger partial charge in [-0.25, -0.2) is 4.79 Å². The zero-order valence-electron chi connectivity index (χ0n) is 13.1. The van der Waals surface area contributed by atoms with E-state index in [0.29, 0.717) is 6.54 Å². The molecule has 22 heavy (non-hydrogen) atoms. The number of aliphatic carboxylic acids is 1. The van der Waals surface area contributed by atoms with Gasteiger partial charge in [-0.15, -0.1) is 0 Å². The predicted octanol–water partition coefficient (Wildman–Crippen LogP) is 1.82. The predicted molar refractivity (Wildman–Crippen MR) is 82.5 cm³/mol. The summed E-state index contributed by atoms with van der Waals surface area (Å²) in [5.41, 5.74) is 3.30. The molecule has 1 aliphatic carbocycles. The number of carbonyl (C=O) groups is 2. The molecule has 1 atom stereocenters. The van der Waals surface area contributed by atoms with Gasteiger partial charge < -0.3 is 15.3 Å². The minimum absolute atomic E-state index is 0.179. The molecule has 6 heteroatoms. The van der Waals surface area contributed by atoms with Gasteiger partial charge in [0.2, 0.25) is 0 Å². The number of carbonyl (C=O) groups excluding carboxylic acids is 1. The van der Waals surface area contributed by atoms with E-state index in [9.17, 15) is 9.59 Å². The molecule has 1 heterocycles. The van der Waals surface area contributed by atoms with Gasteiger partial charge in [0.1, 0.15) is 0 Å². The first-order valence-corrected chi connectivity index (χ1v) is 7.67. The zero-order valence-corrected chi connectivity index (χ0v) is 13.1. The van der Waals surface area contributed by atoms with E-state index in [-0.39, 0.29) is 12.6 Å². The Labute approximate surface area is 130 Å².